The van der Waals surface area contributed by atoms with Gasteiger partial charge < -0.3 is 0 Å². The molecular weight excluding hydrogens is 198 g/mol. The molecule has 0 bridgehead atoms. The fourth-order valence-electron chi connectivity index (χ4n) is 2.16. The van der Waals surface area contributed by atoms with Gasteiger partial charge in [-0.2, -0.15) is 4.99 Å². The van der Waals surface area contributed by atoms with Crippen LogP contribution in [0.3, 0.4) is 0 Å². The Hall–Kier alpha value is -0.110. The molecule has 2 aliphatic rings. The van der Waals surface area contributed by atoms with Crippen molar-refractivity contribution in [1.29, 1.82) is 0 Å². The Kier molecular flexibility index (Phi) is 2.59. The molecule has 1 atom stereocenters. The van der Waals surface area contributed by atoms with Gasteiger partial charge in [0.25, 0.3) is 0 Å². The number of aliphatic imine (C=N–C) groups is 1. The van der Waals surface area contributed by atoms with E-state index in [4.69, 9.17) is 0 Å². The van der Waals surface area contributed by atoms with Crippen molar-refractivity contribution in [3.8, 4) is 0 Å². The first-order chi connectivity index (χ1) is 6.26. The minimum absolute atomic E-state index is 0.390. The summed E-state index contributed by atoms with van der Waals surface area (Å²) in [6.45, 7) is 2.33. The summed E-state index contributed by atoms with van der Waals surface area (Å²) in [4.78, 5) is 4.11. The third-order valence-electron chi connectivity index (χ3n) is 2.95. The van der Waals surface area contributed by atoms with E-state index >= 15 is 0 Å². The average molecular weight is 211 g/mol. The van der Waals surface area contributed by atoms with Gasteiger partial charge in [-0.15, -0.1) is 0 Å². The van der Waals surface area contributed by atoms with Gasteiger partial charge in [0, 0.05) is 4.75 Å². The number of thiocarbonyl (C=S) groups is 1. The van der Waals surface area contributed by atoms with Gasteiger partial charge in [0.05, 0.1) is 5.16 Å². The average Bonchev–Trinajstić information content (AvgIpc) is 2.23. The smallest absolute Gasteiger partial charge is 0.108 e. The SMILES string of the molecule is CC12CCCCCC1=C(N=C=S)S2. The molecule has 1 fully saturated rings. The van der Waals surface area contributed by atoms with Gasteiger partial charge >= 0.3 is 0 Å². The van der Waals surface area contributed by atoms with Crippen LogP contribution in [0.15, 0.2) is 15.6 Å². The second kappa shape index (κ2) is 3.56. The molecule has 1 aliphatic carbocycles. The minimum atomic E-state index is 0.390. The van der Waals surface area contributed by atoms with Crippen LogP contribution in [0, 0.1) is 0 Å². The first-order valence-electron chi connectivity index (χ1n) is 4.77. The summed E-state index contributed by atoms with van der Waals surface area (Å²) in [6.07, 6.45) is 6.58. The fourth-order valence-corrected chi connectivity index (χ4v) is 3.70. The van der Waals surface area contributed by atoms with Gasteiger partial charge in [-0.05, 0) is 44.0 Å². The number of hydrogen-bond donors (Lipinski definition) is 0. The van der Waals surface area contributed by atoms with E-state index in [1.807, 2.05) is 11.8 Å². The van der Waals surface area contributed by atoms with Crippen molar-refractivity contribution < 1.29 is 0 Å². The van der Waals surface area contributed by atoms with Crippen LogP contribution in [-0.4, -0.2) is 9.91 Å². The lowest BCUT2D eigenvalue weighted by Gasteiger charge is -2.39. The number of hydrogen-bond acceptors (Lipinski definition) is 3. The van der Waals surface area contributed by atoms with Gasteiger partial charge in [-0.3, -0.25) is 0 Å². The quantitative estimate of drug-likeness (QED) is 0.483. The van der Waals surface area contributed by atoms with Crippen LogP contribution in [0.4, 0.5) is 0 Å². The standard InChI is InChI=1S/C10H13NS2/c1-10-6-4-2-3-5-8(10)9(13-10)11-7-12/h2-6H2,1H3. The molecular formula is C10H13NS2. The molecule has 0 amide bonds. The van der Waals surface area contributed by atoms with Crippen molar-refractivity contribution in [2.24, 2.45) is 4.99 Å². The number of rotatable bonds is 1. The van der Waals surface area contributed by atoms with Crippen molar-refractivity contribution in [1.82, 2.24) is 0 Å². The van der Waals surface area contributed by atoms with Crippen molar-refractivity contribution in [3.63, 3.8) is 0 Å². The summed E-state index contributed by atoms with van der Waals surface area (Å²) in [6, 6.07) is 0. The topological polar surface area (TPSA) is 12.4 Å². The molecule has 1 saturated carbocycles. The number of fused-ring (bicyclic) bond motifs is 1. The van der Waals surface area contributed by atoms with E-state index in [1.54, 1.807) is 0 Å². The van der Waals surface area contributed by atoms with Gasteiger partial charge in [0.1, 0.15) is 5.03 Å². The van der Waals surface area contributed by atoms with Crippen molar-refractivity contribution >= 4 is 29.1 Å². The summed E-state index contributed by atoms with van der Waals surface area (Å²) in [7, 11) is 0. The lowest BCUT2D eigenvalue weighted by Crippen LogP contribution is -2.30. The maximum absolute atomic E-state index is 4.63. The van der Waals surface area contributed by atoms with Crippen LogP contribution in [-0.2, 0) is 0 Å². The van der Waals surface area contributed by atoms with Gasteiger partial charge in [-0.25, -0.2) is 0 Å². The Morgan fingerprint density at radius 1 is 1.46 bits per heavy atom. The molecule has 1 unspecified atom stereocenters. The normalized spacial score (nSPS) is 32.7. The molecule has 3 heteroatoms. The summed E-state index contributed by atoms with van der Waals surface area (Å²) in [5, 5.41) is 3.62. The second-order valence-corrected chi connectivity index (χ2v) is 5.55. The molecule has 2 rings (SSSR count). The lowest BCUT2D eigenvalue weighted by molar-refractivity contribution is 0.626. The van der Waals surface area contributed by atoms with Crippen LogP contribution in [0.25, 0.3) is 0 Å². The van der Waals surface area contributed by atoms with Crippen LogP contribution >= 0.6 is 24.0 Å². The van der Waals surface area contributed by atoms with Crippen molar-refractivity contribution in [3.05, 3.63) is 10.6 Å². The zero-order chi connectivity index (χ0) is 9.31. The molecule has 0 spiro atoms. The molecule has 0 N–H and O–H groups in total. The summed E-state index contributed by atoms with van der Waals surface area (Å²) in [5.74, 6) is 0. The van der Waals surface area contributed by atoms with E-state index in [0.29, 0.717) is 4.75 Å². The molecule has 0 radical (unpaired) electrons. The summed E-state index contributed by atoms with van der Waals surface area (Å²) in [5.41, 5.74) is 1.53. The highest BCUT2D eigenvalue weighted by molar-refractivity contribution is 8.06. The Balaban J connectivity index is 2.27. The predicted molar refractivity (Wildman–Crippen MR) is 61.1 cm³/mol. The van der Waals surface area contributed by atoms with Gasteiger partial charge in [0.15, 0.2) is 0 Å². The van der Waals surface area contributed by atoms with Crippen LogP contribution in [0.5, 0.6) is 0 Å². The lowest BCUT2D eigenvalue weighted by atomic mass is 9.95. The first-order valence-corrected chi connectivity index (χ1v) is 5.99. The molecule has 1 heterocycles. The molecule has 0 saturated heterocycles. The zero-order valence-electron chi connectivity index (χ0n) is 7.80. The highest BCUT2D eigenvalue weighted by Gasteiger charge is 2.42. The van der Waals surface area contributed by atoms with Gasteiger partial charge in [0.2, 0.25) is 0 Å². The van der Waals surface area contributed by atoms with E-state index in [2.05, 4.69) is 29.3 Å². The van der Waals surface area contributed by atoms with Crippen LogP contribution in [0.1, 0.15) is 39.0 Å². The number of thioether (sulfide) groups is 1. The Morgan fingerprint density at radius 3 is 3.08 bits per heavy atom. The monoisotopic (exact) mass is 211 g/mol. The van der Waals surface area contributed by atoms with E-state index in [9.17, 15) is 0 Å². The first kappa shape index (κ1) is 9.45. The Bertz CT molecular complexity index is 302. The summed E-state index contributed by atoms with van der Waals surface area (Å²) < 4.78 is 0.390. The molecule has 70 valence electrons. The molecule has 1 aliphatic heterocycles. The van der Waals surface area contributed by atoms with Gasteiger partial charge in [-0.1, -0.05) is 24.6 Å². The van der Waals surface area contributed by atoms with E-state index in [0.717, 1.165) is 5.03 Å². The maximum atomic E-state index is 4.63. The second-order valence-electron chi connectivity index (χ2n) is 3.88. The summed E-state index contributed by atoms with van der Waals surface area (Å²) >= 11 is 6.51. The number of isothiocyanates is 1. The van der Waals surface area contributed by atoms with Crippen LogP contribution < -0.4 is 0 Å². The fraction of sp³-hybridized carbons (Fsp3) is 0.700. The highest BCUT2D eigenvalue weighted by atomic mass is 32.2. The minimum Gasteiger partial charge on any atom is -0.188 e. The third kappa shape index (κ3) is 1.61. The maximum Gasteiger partial charge on any atom is 0.108 e. The number of nitrogens with zero attached hydrogens (tertiary/aromatic N) is 1. The molecule has 13 heavy (non-hydrogen) atoms. The zero-order valence-corrected chi connectivity index (χ0v) is 9.43. The molecule has 1 nitrogen and oxygen atoms in total. The molecule has 0 aromatic heterocycles. The van der Waals surface area contributed by atoms with E-state index in [-0.39, 0.29) is 0 Å². The van der Waals surface area contributed by atoms with Crippen molar-refractivity contribution in [2.75, 3.05) is 0 Å². The van der Waals surface area contributed by atoms with E-state index in [1.165, 1.54) is 37.7 Å². The van der Waals surface area contributed by atoms with Crippen LogP contribution in [0.2, 0.25) is 0 Å². The Labute approximate surface area is 88.7 Å². The molecule has 0 aromatic carbocycles. The Morgan fingerprint density at radius 2 is 2.31 bits per heavy atom. The van der Waals surface area contributed by atoms with Crippen molar-refractivity contribution in [2.45, 2.75) is 43.8 Å². The molecule has 0 aromatic rings. The van der Waals surface area contributed by atoms with E-state index < -0.39 is 0 Å². The third-order valence-corrected chi connectivity index (χ3v) is 4.47. The largest absolute Gasteiger partial charge is 0.188 e. The predicted octanol–water partition coefficient (Wildman–Crippen LogP) is 3.77. The highest BCUT2D eigenvalue weighted by Crippen LogP contribution is 2.56.